The average molecular weight is 542 g/mol. The van der Waals surface area contributed by atoms with Gasteiger partial charge in [0.1, 0.15) is 15.7 Å². The maximum absolute atomic E-state index is 13.3. The lowest BCUT2D eigenvalue weighted by atomic mass is 9.95. The summed E-state index contributed by atoms with van der Waals surface area (Å²) in [7, 11) is 0. The van der Waals surface area contributed by atoms with Gasteiger partial charge in [-0.2, -0.15) is 5.26 Å². The van der Waals surface area contributed by atoms with Gasteiger partial charge in [-0.3, -0.25) is 14.2 Å². The molecule has 186 valence electrons. The minimum Gasteiger partial charge on any atom is -0.462 e. The van der Waals surface area contributed by atoms with Gasteiger partial charge < -0.3 is 10.1 Å². The van der Waals surface area contributed by atoms with E-state index in [0.29, 0.717) is 26.7 Å². The molecule has 2 heterocycles. The van der Waals surface area contributed by atoms with Crippen molar-refractivity contribution in [1.82, 2.24) is 4.57 Å². The van der Waals surface area contributed by atoms with Crippen molar-refractivity contribution in [2.45, 2.75) is 46.1 Å². The van der Waals surface area contributed by atoms with Gasteiger partial charge >= 0.3 is 5.97 Å². The summed E-state index contributed by atoms with van der Waals surface area (Å²) >= 11 is 8.38. The first kappa shape index (κ1) is 25.9. The zero-order valence-corrected chi connectivity index (χ0v) is 22.2. The lowest BCUT2D eigenvalue weighted by molar-refractivity contribution is -0.111. The van der Waals surface area contributed by atoms with E-state index >= 15 is 0 Å². The molecule has 1 amide bonds. The number of rotatable bonds is 6. The molecule has 1 aliphatic carbocycles. The summed E-state index contributed by atoms with van der Waals surface area (Å²) in [4.78, 5) is 40.2. The van der Waals surface area contributed by atoms with Gasteiger partial charge in [0.05, 0.1) is 16.7 Å². The summed E-state index contributed by atoms with van der Waals surface area (Å²) in [5.74, 6) is -1.14. The fourth-order valence-corrected chi connectivity index (χ4v) is 6.70. The summed E-state index contributed by atoms with van der Waals surface area (Å²) < 4.78 is 7.33. The molecule has 0 bridgehead atoms. The molecule has 0 saturated heterocycles. The molecule has 10 heteroatoms. The summed E-state index contributed by atoms with van der Waals surface area (Å²) in [6.07, 6.45) is 5.27. The third-order valence-electron chi connectivity index (χ3n) is 5.82. The van der Waals surface area contributed by atoms with E-state index in [1.807, 2.05) is 6.07 Å². The summed E-state index contributed by atoms with van der Waals surface area (Å²) in [6.45, 7) is 4.02. The number of anilines is 1. The molecule has 4 rings (SSSR count). The SMILES string of the molecule is CCOC(=O)c1c(NC(=O)/C(C#N)=c2\s/c(=C\c3ccc(Cl)cc3)c(=O)n2CC)sc2c1CCCC2. The van der Waals surface area contributed by atoms with Crippen LogP contribution in [0, 0.1) is 11.3 Å². The molecule has 0 fully saturated rings. The topological polar surface area (TPSA) is 101 Å². The van der Waals surface area contributed by atoms with Crippen molar-refractivity contribution in [2.24, 2.45) is 0 Å². The van der Waals surface area contributed by atoms with Gasteiger partial charge in [0.15, 0.2) is 5.57 Å². The van der Waals surface area contributed by atoms with E-state index in [9.17, 15) is 19.6 Å². The van der Waals surface area contributed by atoms with E-state index in [4.69, 9.17) is 16.3 Å². The fourth-order valence-electron chi connectivity index (χ4n) is 4.14. The predicted molar refractivity (Wildman–Crippen MR) is 143 cm³/mol. The van der Waals surface area contributed by atoms with Crippen LogP contribution in [-0.2, 0) is 28.9 Å². The molecule has 1 N–H and O–H groups in total. The maximum atomic E-state index is 13.3. The van der Waals surface area contributed by atoms with Gasteiger partial charge in [-0.25, -0.2) is 4.79 Å². The van der Waals surface area contributed by atoms with Crippen LogP contribution in [0.3, 0.4) is 0 Å². The number of nitrogens with one attached hydrogen (secondary N) is 1. The quantitative estimate of drug-likeness (QED) is 0.478. The molecule has 0 aliphatic heterocycles. The molecule has 0 saturated carbocycles. The second-order valence-corrected chi connectivity index (χ2v) is 10.7. The van der Waals surface area contributed by atoms with E-state index in [1.165, 1.54) is 15.9 Å². The third kappa shape index (κ3) is 5.16. The largest absolute Gasteiger partial charge is 0.462 e. The Labute approximate surface area is 220 Å². The molecular weight excluding hydrogens is 518 g/mol. The lowest BCUT2D eigenvalue weighted by Crippen LogP contribution is -2.33. The normalized spacial score (nSPS) is 14.1. The number of fused-ring (bicyclic) bond motifs is 1. The Kier molecular flexibility index (Phi) is 8.09. The molecule has 0 spiro atoms. The molecule has 1 aliphatic rings. The molecule has 0 atom stereocenters. The second kappa shape index (κ2) is 11.2. The number of amides is 1. The number of thiazole rings is 1. The van der Waals surface area contributed by atoms with Gasteiger partial charge in [-0.1, -0.05) is 23.7 Å². The van der Waals surface area contributed by atoms with E-state index < -0.39 is 11.9 Å². The fraction of sp³-hybridized carbons (Fsp3) is 0.308. The highest BCUT2D eigenvalue weighted by atomic mass is 35.5. The number of hydrogen-bond donors (Lipinski definition) is 1. The lowest BCUT2D eigenvalue weighted by Gasteiger charge is -2.12. The van der Waals surface area contributed by atoms with Crippen molar-refractivity contribution in [3.05, 3.63) is 70.4 Å². The second-order valence-electron chi connectivity index (χ2n) is 8.09. The van der Waals surface area contributed by atoms with Gasteiger partial charge in [0.2, 0.25) is 0 Å². The number of hydrogen-bond acceptors (Lipinski definition) is 7. The molecular formula is C26H24ClN3O4S2. The highest BCUT2D eigenvalue weighted by Crippen LogP contribution is 2.38. The zero-order chi connectivity index (χ0) is 25.8. The molecule has 3 aromatic rings. The standard InChI is InChI=1S/C26H24ClN3O4S2/c1-3-30-24(32)20(13-15-9-11-16(27)12-10-15)36-25(30)18(14-28)22(31)29-23-21(26(33)34-4-2)17-7-5-6-8-19(17)35-23/h9-13H,3-8H2,1-2H3,(H,29,31)/b20-13-,25-18-. The van der Waals surface area contributed by atoms with Gasteiger partial charge in [0, 0.05) is 16.4 Å². The van der Waals surface area contributed by atoms with Crippen LogP contribution >= 0.6 is 34.3 Å². The van der Waals surface area contributed by atoms with Crippen molar-refractivity contribution >= 4 is 62.8 Å². The van der Waals surface area contributed by atoms with Crippen molar-refractivity contribution < 1.29 is 14.3 Å². The summed E-state index contributed by atoms with van der Waals surface area (Å²) in [5.41, 5.74) is 1.60. The number of aryl methyl sites for hydroxylation is 1. The first-order chi connectivity index (χ1) is 17.4. The van der Waals surface area contributed by atoms with Crippen LogP contribution in [0.1, 0.15) is 53.1 Å². The van der Waals surface area contributed by atoms with Crippen LogP contribution in [0.4, 0.5) is 5.00 Å². The van der Waals surface area contributed by atoms with Crippen molar-refractivity contribution in [1.29, 1.82) is 5.26 Å². The summed E-state index contributed by atoms with van der Waals surface area (Å²) in [6, 6.07) is 8.99. The number of esters is 1. The monoisotopic (exact) mass is 541 g/mol. The molecule has 0 radical (unpaired) electrons. The average Bonchev–Trinajstić information content (AvgIpc) is 3.37. The number of thiophene rings is 1. The number of carbonyl (C=O) groups is 2. The van der Waals surface area contributed by atoms with Crippen LogP contribution in [0.15, 0.2) is 29.1 Å². The zero-order valence-electron chi connectivity index (χ0n) is 19.9. The van der Waals surface area contributed by atoms with Crippen LogP contribution in [0.5, 0.6) is 0 Å². The minimum absolute atomic E-state index is 0.184. The van der Waals surface area contributed by atoms with Crippen LogP contribution in [-0.4, -0.2) is 23.1 Å². The van der Waals surface area contributed by atoms with E-state index in [-0.39, 0.29) is 22.4 Å². The maximum Gasteiger partial charge on any atom is 0.341 e. The smallest absolute Gasteiger partial charge is 0.341 e. The first-order valence-electron chi connectivity index (χ1n) is 11.6. The Balaban J connectivity index is 1.80. The van der Waals surface area contributed by atoms with Gasteiger partial charge in [-0.05, 0) is 68.9 Å². The molecule has 0 unspecified atom stereocenters. The summed E-state index contributed by atoms with van der Waals surface area (Å²) in [5, 5.41) is 13.7. The van der Waals surface area contributed by atoms with E-state index in [0.717, 1.165) is 53.0 Å². The first-order valence-corrected chi connectivity index (χ1v) is 13.6. The van der Waals surface area contributed by atoms with Crippen LogP contribution in [0.25, 0.3) is 11.6 Å². The number of aromatic nitrogens is 1. The van der Waals surface area contributed by atoms with Crippen LogP contribution < -0.4 is 20.1 Å². The van der Waals surface area contributed by atoms with Crippen molar-refractivity contribution in [3.8, 4) is 6.07 Å². The molecule has 1 aromatic carbocycles. The number of ether oxygens (including phenoxy) is 1. The van der Waals surface area contributed by atoms with Crippen molar-refractivity contribution in [3.63, 3.8) is 0 Å². The van der Waals surface area contributed by atoms with Gasteiger partial charge in [-0.15, -0.1) is 22.7 Å². The Morgan fingerprint density at radius 3 is 2.58 bits per heavy atom. The Hall–Kier alpha value is -3.19. The highest BCUT2D eigenvalue weighted by Gasteiger charge is 2.28. The minimum atomic E-state index is -0.664. The van der Waals surface area contributed by atoms with Crippen LogP contribution in [0.2, 0.25) is 5.02 Å². The van der Waals surface area contributed by atoms with E-state index in [1.54, 1.807) is 44.2 Å². The number of nitriles is 1. The Morgan fingerprint density at radius 2 is 1.92 bits per heavy atom. The van der Waals surface area contributed by atoms with E-state index in [2.05, 4.69) is 5.32 Å². The number of nitrogens with zero attached hydrogens (tertiary/aromatic N) is 2. The Bertz CT molecular complexity index is 1540. The molecule has 7 nitrogen and oxygen atoms in total. The Morgan fingerprint density at radius 1 is 1.19 bits per heavy atom. The number of benzene rings is 1. The highest BCUT2D eigenvalue weighted by molar-refractivity contribution is 7.17. The molecule has 36 heavy (non-hydrogen) atoms. The number of halogens is 1. The van der Waals surface area contributed by atoms with Gasteiger partial charge in [0.25, 0.3) is 11.5 Å². The predicted octanol–water partition coefficient (Wildman–Crippen LogP) is 3.84. The number of carbonyl (C=O) groups excluding carboxylic acids is 2. The molecule has 2 aromatic heterocycles. The third-order valence-corrected chi connectivity index (χ3v) is 8.41. The van der Waals surface area contributed by atoms with Crippen molar-refractivity contribution in [2.75, 3.05) is 11.9 Å².